The Morgan fingerprint density at radius 2 is 1.77 bits per heavy atom. The summed E-state index contributed by atoms with van der Waals surface area (Å²) in [6.07, 6.45) is 6.25. The second-order valence-corrected chi connectivity index (χ2v) is 12.1. The highest BCUT2D eigenvalue weighted by molar-refractivity contribution is 5.97. The average Bonchev–Trinajstić information content (AvgIpc) is 3.38. The van der Waals surface area contributed by atoms with Crippen LogP contribution in [0, 0.1) is 5.92 Å². The van der Waals surface area contributed by atoms with Crippen LogP contribution in [0.5, 0.6) is 5.75 Å². The van der Waals surface area contributed by atoms with Crippen molar-refractivity contribution < 1.29 is 9.53 Å². The minimum absolute atomic E-state index is 0.0832. The van der Waals surface area contributed by atoms with Crippen LogP contribution in [0.15, 0.2) is 66.7 Å². The molecule has 6 rings (SSSR count). The third-order valence-corrected chi connectivity index (χ3v) is 8.50. The Morgan fingerprint density at radius 3 is 2.59 bits per heavy atom. The first-order valence-corrected chi connectivity index (χ1v) is 16.1. The number of anilines is 1. The number of hydrogen-bond acceptors (Lipinski definition) is 5. The van der Waals surface area contributed by atoms with Crippen LogP contribution >= 0.6 is 0 Å². The van der Waals surface area contributed by atoms with E-state index in [-0.39, 0.29) is 5.91 Å². The Bertz CT molecular complexity index is 1760. The summed E-state index contributed by atoms with van der Waals surface area (Å²) in [5, 5.41) is 7.91. The first-order valence-electron chi connectivity index (χ1n) is 16.1. The number of aromatic nitrogens is 3. The van der Waals surface area contributed by atoms with Crippen molar-refractivity contribution in [3.8, 4) is 5.75 Å². The molecular weight excluding hydrogens is 546 g/mol. The van der Waals surface area contributed by atoms with Crippen molar-refractivity contribution in [1.29, 1.82) is 0 Å². The molecule has 0 saturated heterocycles. The summed E-state index contributed by atoms with van der Waals surface area (Å²) in [6, 6.07) is 22.5. The van der Waals surface area contributed by atoms with Crippen molar-refractivity contribution >= 4 is 33.5 Å². The lowest BCUT2D eigenvalue weighted by Gasteiger charge is -2.21. The van der Waals surface area contributed by atoms with Crippen LogP contribution in [0.2, 0.25) is 0 Å². The molecule has 0 atom stereocenters. The van der Waals surface area contributed by atoms with Gasteiger partial charge in [-0.1, -0.05) is 44.2 Å². The van der Waals surface area contributed by atoms with E-state index < -0.39 is 0 Å². The number of benzene rings is 3. The molecule has 3 aromatic carbocycles. The number of pyridine rings is 1. The predicted octanol–water partition coefficient (Wildman–Crippen LogP) is 7.34. The number of carbonyl (C=O) groups excluding carboxylic acids is 1. The number of amides is 1. The number of rotatable bonds is 12. The van der Waals surface area contributed by atoms with Gasteiger partial charge in [-0.05, 0) is 92.5 Å². The smallest absolute Gasteiger partial charge is 0.251 e. The monoisotopic (exact) mass is 589 g/mol. The molecule has 0 radical (unpaired) electrons. The summed E-state index contributed by atoms with van der Waals surface area (Å²) in [4.78, 5) is 23.2. The van der Waals surface area contributed by atoms with E-state index in [4.69, 9.17) is 14.7 Å². The molecule has 7 heteroatoms. The van der Waals surface area contributed by atoms with E-state index in [2.05, 4.69) is 59.4 Å². The van der Waals surface area contributed by atoms with Gasteiger partial charge >= 0.3 is 0 Å². The fourth-order valence-corrected chi connectivity index (χ4v) is 6.19. The van der Waals surface area contributed by atoms with Crippen molar-refractivity contribution in [1.82, 2.24) is 19.9 Å². The number of aryl methyl sites for hydroxylation is 2. The Balaban J connectivity index is 1.15. The van der Waals surface area contributed by atoms with Crippen molar-refractivity contribution in [2.45, 2.75) is 65.8 Å². The van der Waals surface area contributed by atoms with Crippen molar-refractivity contribution in [3.05, 3.63) is 94.9 Å². The Hall–Kier alpha value is -4.39. The largest absolute Gasteiger partial charge is 0.494 e. The van der Waals surface area contributed by atoms with Gasteiger partial charge in [-0.15, -0.1) is 0 Å². The standard InChI is InChI=1S/C37H43N5O2/c1-4-44-28-16-13-26(14-17-28)23-35-41-33-24-27(15-18-34(33)42(35)22-19-25(2)3)37(43)39-21-20-38-36-29-9-5-7-11-31(29)40-32-12-8-6-10-30(32)36/h5,7,9,11,13-18,24-25H,4,6,8,10,12,19-23H2,1-3H3,(H,38,40)(H,39,43). The van der Waals surface area contributed by atoms with E-state index in [0.717, 1.165) is 65.7 Å². The molecule has 1 aliphatic carbocycles. The molecule has 2 N–H and O–H groups in total. The van der Waals surface area contributed by atoms with E-state index in [1.165, 1.54) is 35.3 Å². The first kappa shape index (κ1) is 29.7. The molecule has 5 aromatic rings. The normalized spacial score (nSPS) is 12.9. The van der Waals surface area contributed by atoms with Crippen molar-refractivity contribution in [3.63, 3.8) is 0 Å². The van der Waals surface area contributed by atoms with Gasteiger partial charge in [0.1, 0.15) is 11.6 Å². The van der Waals surface area contributed by atoms with Gasteiger partial charge in [0, 0.05) is 48.4 Å². The van der Waals surface area contributed by atoms with Gasteiger partial charge in [0.25, 0.3) is 5.91 Å². The van der Waals surface area contributed by atoms with Crippen LogP contribution in [0.1, 0.15) is 73.0 Å². The van der Waals surface area contributed by atoms with E-state index >= 15 is 0 Å². The fraction of sp³-hybridized carbons (Fsp3) is 0.378. The molecule has 1 amide bonds. The maximum atomic E-state index is 13.2. The van der Waals surface area contributed by atoms with Gasteiger partial charge in [-0.25, -0.2) is 4.98 Å². The van der Waals surface area contributed by atoms with E-state index in [1.807, 2.05) is 43.3 Å². The summed E-state index contributed by atoms with van der Waals surface area (Å²) in [6.45, 7) is 9.19. The van der Waals surface area contributed by atoms with Gasteiger partial charge < -0.3 is 19.9 Å². The molecule has 0 aliphatic heterocycles. The van der Waals surface area contributed by atoms with Crippen LogP contribution in [0.4, 0.5) is 5.69 Å². The zero-order valence-corrected chi connectivity index (χ0v) is 26.2. The van der Waals surface area contributed by atoms with E-state index in [1.54, 1.807) is 0 Å². The van der Waals surface area contributed by atoms with Crippen LogP contribution in [-0.2, 0) is 25.8 Å². The van der Waals surface area contributed by atoms with E-state index in [9.17, 15) is 4.79 Å². The number of para-hydroxylation sites is 1. The highest BCUT2D eigenvalue weighted by Crippen LogP contribution is 2.33. The van der Waals surface area contributed by atoms with Gasteiger partial charge in [0.05, 0.1) is 23.2 Å². The molecular formula is C37H43N5O2. The molecule has 0 spiro atoms. The zero-order chi connectivity index (χ0) is 30.5. The maximum absolute atomic E-state index is 13.2. The van der Waals surface area contributed by atoms with Gasteiger partial charge in [-0.2, -0.15) is 0 Å². The minimum Gasteiger partial charge on any atom is -0.494 e. The topological polar surface area (TPSA) is 81.1 Å². The molecule has 228 valence electrons. The van der Waals surface area contributed by atoms with Crippen LogP contribution < -0.4 is 15.4 Å². The first-order chi connectivity index (χ1) is 21.5. The van der Waals surface area contributed by atoms with Gasteiger partial charge in [-0.3, -0.25) is 9.78 Å². The summed E-state index contributed by atoms with van der Waals surface area (Å²) in [5.41, 5.74) is 8.49. The van der Waals surface area contributed by atoms with Gasteiger partial charge in [0.2, 0.25) is 0 Å². The Labute approximate surface area is 260 Å². The van der Waals surface area contributed by atoms with Crippen LogP contribution in [-0.4, -0.2) is 40.1 Å². The zero-order valence-electron chi connectivity index (χ0n) is 26.2. The van der Waals surface area contributed by atoms with Crippen molar-refractivity contribution in [2.24, 2.45) is 5.92 Å². The average molecular weight is 590 g/mol. The van der Waals surface area contributed by atoms with E-state index in [0.29, 0.717) is 31.2 Å². The molecule has 0 fully saturated rings. The Morgan fingerprint density at radius 1 is 0.955 bits per heavy atom. The second-order valence-electron chi connectivity index (χ2n) is 12.1. The lowest BCUT2D eigenvalue weighted by Crippen LogP contribution is -2.29. The number of carbonyl (C=O) groups is 1. The lowest BCUT2D eigenvalue weighted by atomic mass is 9.92. The van der Waals surface area contributed by atoms with Crippen LogP contribution in [0.3, 0.4) is 0 Å². The number of nitrogens with zero attached hydrogens (tertiary/aromatic N) is 3. The third-order valence-electron chi connectivity index (χ3n) is 8.50. The van der Waals surface area contributed by atoms with Crippen molar-refractivity contribution in [2.75, 3.05) is 25.0 Å². The second kappa shape index (κ2) is 13.5. The summed E-state index contributed by atoms with van der Waals surface area (Å²) in [7, 11) is 0. The molecule has 44 heavy (non-hydrogen) atoms. The number of nitrogens with one attached hydrogen (secondary N) is 2. The predicted molar refractivity (Wildman–Crippen MR) is 179 cm³/mol. The molecule has 7 nitrogen and oxygen atoms in total. The molecule has 0 unspecified atom stereocenters. The molecule has 2 heterocycles. The quantitative estimate of drug-likeness (QED) is 0.149. The highest BCUT2D eigenvalue weighted by atomic mass is 16.5. The molecule has 0 bridgehead atoms. The minimum atomic E-state index is -0.0832. The van der Waals surface area contributed by atoms with Gasteiger partial charge in [0.15, 0.2) is 0 Å². The molecule has 2 aromatic heterocycles. The fourth-order valence-electron chi connectivity index (χ4n) is 6.19. The Kier molecular flexibility index (Phi) is 9.10. The SMILES string of the molecule is CCOc1ccc(Cc2nc3cc(C(=O)NCCNc4c5c(nc6ccccc46)CCCC5)ccc3n2CCC(C)C)cc1. The summed E-state index contributed by atoms with van der Waals surface area (Å²) < 4.78 is 7.93. The summed E-state index contributed by atoms with van der Waals surface area (Å²) >= 11 is 0. The maximum Gasteiger partial charge on any atom is 0.251 e. The third kappa shape index (κ3) is 6.57. The van der Waals surface area contributed by atoms with Crippen LogP contribution in [0.25, 0.3) is 21.9 Å². The highest BCUT2D eigenvalue weighted by Gasteiger charge is 2.18. The summed E-state index contributed by atoms with van der Waals surface area (Å²) in [5.74, 6) is 2.39. The number of imidazole rings is 1. The molecule has 0 saturated carbocycles. The molecule has 1 aliphatic rings. The lowest BCUT2D eigenvalue weighted by molar-refractivity contribution is 0.0955. The number of fused-ring (bicyclic) bond motifs is 3. The number of hydrogen-bond donors (Lipinski definition) is 2. The number of ether oxygens (including phenoxy) is 1.